The fourth-order valence-electron chi connectivity index (χ4n) is 3.44. The highest BCUT2D eigenvalue weighted by Gasteiger charge is 2.27. The lowest BCUT2D eigenvalue weighted by molar-refractivity contribution is 0.214. The van der Waals surface area contributed by atoms with Crippen LogP contribution in [0.3, 0.4) is 0 Å². The van der Waals surface area contributed by atoms with Gasteiger partial charge in [-0.15, -0.1) is 0 Å². The van der Waals surface area contributed by atoms with Crippen molar-refractivity contribution in [2.45, 2.75) is 65.3 Å². The summed E-state index contributed by atoms with van der Waals surface area (Å²) in [6, 6.07) is 9.15. The number of aliphatic hydroxyl groups excluding tert-OH is 1. The quantitative estimate of drug-likeness (QED) is 0.792. The van der Waals surface area contributed by atoms with Crippen molar-refractivity contribution in [2.24, 2.45) is 11.3 Å². The molecule has 0 radical (unpaired) electrons. The number of hydrogen-bond donors (Lipinski definition) is 2. The van der Waals surface area contributed by atoms with Crippen LogP contribution < -0.4 is 5.32 Å². The van der Waals surface area contributed by atoms with Crippen molar-refractivity contribution in [1.82, 2.24) is 0 Å². The minimum absolute atomic E-state index is 0.226. The smallest absolute Gasteiger partial charge is 0.0471 e. The Morgan fingerprint density at radius 2 is 1.76 bits per heavy atom. The van der Waals surface area contributed by atoms with Crippen LogP contribution in [0, 0.1) is 11.3 Å². The Kier molecular flexibility index (Phi) is 5.69. The minimum atomic E-state index is 0.226. The summed E-state index contributed by atoms with van der Waals surface area (Å²) >= 11 is 0. The zero-order chi connectivity index (χ0) is 15.3. The molecule has 1 fully saturated rings. The Labute approximate surface area is 130 Å². The van der Waals surface area contributed by atoms with Crippen molar-refractivity contribution < 1.29 is 5.11 Å². The number of aliphatic hydroxyl groups is 1. The molecule has 0 saturated heterocycles. The molecule has 1 aromatic carbocycles. The molecular weight excluding hydrogens is 258 g/mol. The molecular formula is C19H31NO. The molecule has 0 aliphatic heterocycles. The third kappa shape index (κ3) is 5.03. The number of anilines is 1. The number of hydrogen-bond acceptors (Lipinski definition) is 2. The first-order chi connectivity index (χ1) is 9.99. The van der Waals surface area contributed by atoms with Crippen LogP contribution in [-0.4, -0.2) is 17.8 Å². The molecule has 1 aromatic rings. The van der Waals surface area contributed by atoms with Gasteiger partial charge >= 0.3 is 0 Å². The van der Waals surface area contributed by atoms with Crippen LogP contribution in [0.1, 0.15) is 58.4 Å². The molecule has 0 bridgehead atoms. The van der Waals surface area contributed by atoms with Gasteiger partial charge in [0.15, 0.2) is 0 Å². The summed E-state index contributed by atoms with van der Waals surface area (Å²) in [6.07, 6.45) is 7.35. The zero-order valence-corrected chi connectivity index (χ0v) is 13.9. The average Bonchev–Trinajstić information content (AvgIpc) is 2.66. The van der Waals surface area contributed by atoms with Crippen molar-refractivity contribution in [3.63, 3.8) is 0 Å². The van der Waals surface area contributed by atoms with E-state index in [4.69, 9.17) is 5.11 Å². The Bertz CT molecular complexity index is 418. The maximum atomic E-state index is 8.96. The minimum Gasteiger partial charge on any atom is -0.396 e. The lowest BCUT2D eigenvalue weighted by Crippen LogP contribution is -2.21. The van der Waals surface area contributed by atoms with E-state index in [0.717, 1.165) is 12.3 Å². The summed E-state index contributed by atoms with van der Waals surface area (Å²) in [5.41, 5.74) is 2.87. The molecule has 0 amide bonds. The van der Waals surface area contributed by atoms with Crippen molar-refractivity contribution in [1.29, 1.82) is 0 Å². The predicted octanol–water partition coefficient (Wildman–Crippen LogP) is 4.63. The van der Waals surface area contributed by atoms with Crippen molar-refractivity contribution in [3.8, 4) is 0 Å². The van der Waals surface area contributed by atoms with E-state index in [1.165, 1.54) is 43.4 Å². The SMILES string of the molecule is CC(C)(C)C1CCCC(Nc2ccc(CCO)cc2)CC1. The Morgan fingerprint density at radius 3 is 2.38 bits per heavy atom. The molecule has 2 unspecified atom stereocenters. The molecule has 2 nitrogen and oxygen atoms in total. The number of benzene rings is 1. The van der Waals surface area contributed by atoms with E-state index in [2.05, 4.69) is 50.4 Å². The van der Waals surface area contributed by atoms with Crippen LogP contribution >= 0.6 is 0 Å². The van der Waals surface area contributed by atoms with Gasteiger partial charge in [-0.1, -0.05) is 39.3 Å². The predicted molar refractivity (Wildman–Crippen MR) is 90.7 cm³/mol. The van der Waals surface area contributed by atoms with Gasteiger partial charge in [0, 0.05) is 18.3 Å². The molecule has 0 heterocycles. The van der Waals surface area contributed by atoms with Crippen molar-refractivity contribution >= 4 is 5.69 Å². The van der Waals surface area contributed by atoms with E-state index in [1.807, 2.05) is 0 Å². The van der Waals surface area contributed by atoms with E-state index in [0.29, 0.717) is 11.5 Å². The van der Waals surface area contributed by atoms with Crippen molar-refractivity contribution in [2.75, 3.05) is 11.9 Å². The van der Waals surface area contributed by atoms with Gasteiger partial charge in [0.25, 0.3) is 0 Å². The maximum Gasteiger partial charge on any atom is 0.0471 e. The summed E-state index contributed by atoms with van der Waals surface area (Å²) < 4.78 is 0. The third-order valence-electron chi connectivity index (χ3n) is 4.92. The fraction of sp³-hybridized carbons (Fsp3) is 0.684. The van der Waals surface area contributed by atoms with E-state index >= 15 is 0 Å². The maximum absolute atomic E-state index is 8.96. The van der Waals surface area contributed by atoms with Crippen molar-refractivity contribution in [3.05, 3.63) is 29.8 Å². The lowest BCUT2D eigenvalue weighted by atomic mass is 9.76. The van der Waals surface area contributed by atoms with Gasteiger partial charge in [-0.2, -0.15) is 0 Å². The van der Waals surface area contributed by atoms with Crippen LogP contribution in [-0.2, 0) is 6.42 Å². The highest BCUT2D eigenvalue weighted by atomic mass is 16.2. The second-order valence-electron chi connectivity index (χ2n) is 7.58. The number of nitrogens with one attached hydrogen (secondary N) is 1. The van der Waals surface area contributed by atoms with E-state index in [-0.39, 0.29) is 6.61 Å². The van der Waals surface area contributed by atoms with E-state index < -0.39 is 0 Å². The normalized spacial score (nSPS) is 23.6. The molecule has 2 heteroatoms. The topological polar surface area (TPSA) is 32.3 Å². The highest BCUT2D eigenvalue weighted by molar-refractivity contribution is 5.45. The summed E-state index contributed by atoms with van der Waals surface area (Å²) in [6.45, 7) is 7.37. The Hall–Kier alpha value is -1.02. The standard InChI is InChI=1S/C19H31NO/c1-19(2,3)16-5-4-6-17(12-9-16)20-18-10-7-15(8-11-18)13-14-21/h7-8,10-11,16-17,20-21H,4-6,9,12-14H2,1-3H3. The van der Waals surface area contributed by atoms with E-state index in [1.54, 1.807) is 0 Å². The first-order valence-electron chi connectivity index (χ1n) is 8.45. The monoisotopic (exact) mass is 289 g/mol. The van der Waals surface area contributed by atoms with Gasteiger partial charge in [-0.05, 0) is 61.1 Å². The lowest BCUT2D eigenvalue weighted by Gasteiger charge is -2.29. The summed E-state index contributed by atoms with van der Waals surface area (Å²) in [5, 5.41) is 12.7. The molecule has 1 saturated carbocycles. The van der Waals surface area contributed by atoms with Crippen LogP contribution in [0.2, 0.25) is 0 Å². The summed E-state index contributed by atoms with van der Waals surface area (Å²) in [4.78, 5) is 0. The summed E-state index contributed by atoms with van der Waals surface area (Å²) in [5.74, 6) is 0.858. The van der Waals surface area contributed by atoms with Crippen LogP contribution in [0.25, 0.3) is 0 Å². The molecule has 118 valence electrons. The Balaban J connectivity index is 1.88. The fourth-order valence-corrected chi connectivity index (χ4v) is 3.44. The number of rotatable bonds is 4. The van der Waals surface area contributed by atoms with Gasteiger partial charge in [-0.25, -0.2) is 0 Å². The van der Waals surface area contributed by atoms with Gasteiger partial charge in [0.05, 0.1) is 0 Å². The second kappa shape index (κ2) is 7.31. The largest absolute Gasteiger partial charge is 0.396 e. The van der Waals surface area contributed by atoms with E-state index in [9.17, 15) is 0 Å². The van der Waals surface area contributed by atoms with Crippen LogP contribution in [0.5, 0.6) is 0 Å². The molecule has 0 aromatic heterocycles. The highest BCUT2D eigenvalue weighted by Crippen LogP contribution is 2.37. The Morgan fingerprint density at radius 1 is 1.05 bits per heavy atom. The molecule has 2 N–H and O–H groups in total. The molecule has 2 atom stereocenters. The van der Waals surface area contributed by atoms with Gasteiger partial charge in [0.1, 0.15) is 0 Å². The average molecular weight is 289 g/mol. The third-order valence-corrected chi connectivity index (χ3v) is 4.92. The zero-order valence-electron chi connectivity index (χ0n) is 13.9. The molecule has 1 aliphatic carbocycles. The van der Waals surface area contributed by atoms with Gasteiger partial charge < -0.3 is 10.4 Å². The molecule has 2 rings (SSSR count). The summed E-state index contributed by atoms with van der Waals surface area (Å²) in [7, 11) is 0. The molecule has 21 heavy (non-hydrogen) atoms. The second-order valence-corrected chi connectivity index (χ2v) is 7.58. The van der Waals surface area contributed by atoms with Gasteiger partial charge in [0.2, 0.25) is 0 Å². The first kappa shape index (κ1) is 16.4. The van der Waals surface area contributed by atoms with Crippen LogP contribution in [0.4, 0.5) is 5.69 Å². The molecule has 0 spiro atoms. The van der Waals surface area contributed by atoms with Crippen LogP contribution in [0.15, 0.2) is 24.3 Å². The first-order valence-corrected chi connectivity index (χ1v) is 8.45. The molecule has 1 aliphatic rings. The van der Waals surface area contributed by atoms with Gasteiger partial charge in [-0.3, -0.25) is 0 Å².